The number of carbonyl (C=O) groups excluding carboxylic acids is 2. The second kappa shape index (κ2) is 11.1. The Morgan fingerprint density at radius 1 is 0.971 bits per heavy atom. The van der Waals surface area contributed by atoms with E-state index in [9.17, 15) is 19.6 Å². The highest BCUT2D eigenvalue weighted by atomic mass is 16.6. The molecule has 34 heavy (non-hydrogen) atoms. The summed E-state index contributed by atoms with van der Waals surface area (Å²) < 4.78 is 11.0. The summed E-state index contributed by atoms with van der Waals surface area (Å²) in [6.07, 6.45) is 1.35. The summed E-state index contributed by atoms with van der Waals surface area (Å²) in [6, 6.07) is 20.6. The molecular formula is C26H20N2O6. The smallest absolute Gasteiger partial charge is 0.343 e. The van der Waals surface area contributed by atoms with Crippen molar-refractivity contribution in [1.82, 2.24) is 0 Å². The Bertz CT molecular complexity index is 1290. The first-order valence-electron chi connectivity index (χ1n) is 10.2. The third kappa shape index (κ3) is 6.08. The average Bonchev–Trinajstić information content (AvgIpc) is 2.84. The Kier molecular flexibility index (Phi) is 7.76. The van der Waals surface area contributed by atoms with Gasteiger partial charge >= 0.3 is 11.9 Å². The first-order valence-corrected chi connectivity index (χ1v) is 10.2. The molecule has 0 heterocycles. The number of amides is 1. The predicted octanol–water partition coefficient (Wildman–Crippen LogP) is 4.55. The van der Waals surface area contributed by atoms with Crippen LogP contribution in [0.3, 0.4) is 0 Å². The SMILES string of the molecule is CCOc1cc(/C=C(/C#N)C(=O)Nc2cccc(C(=O)O)c2)ccc1OC(=O)c1ccccc1. The number of benzene rings is 3. The molecule has 3 rings (SSSR count). The van der Waals surface area contributed by atoms with E-state index in [0.717, 1.165) is 0 Å². The lowest BCUT2D eigenvalue weighted by atomic mass is 10.1. The van der Waals surface area contributed by atoms with E-state index in [4.69, 9.17) is 14.6 Å². The molecule has 3 aromatic carbocycles. The van der Waals surface area contributed by atoms with E-state index in [1.807, 2.05) is 6.07 Å². The maximum atomic E-state index is 12.6. The predicted molar refractivity (Wildman–Crippen MR) is 125 cm³/mol. The Balaban J connectivity index is 1.82. The second-order valence-corrected chi connectivity index (χ2v) is 6.90. The standard InChI is InChI=1S/C26H20N2O6/c1-2-33-23-14-17(11-12-22(23)34-26(32)18-7-4-3-5-8-18)13-20(16-27)24(29)28-21-10-6-9-19(15-21)25(30)31/h3-15H,2H2,1H3,(H,28,29)(H,30,31)/b20-13-. The summed E-state index contributed by atoms with van der Waals surface area (Å²) in [6.45, 7) is 2.07. The molecule has 170 valence electrons. The number of carboxylic acid groups (broad SMARTS) is 1. The molecule has 3 aromatic rings. The zero-order valence-corrected chi connectivity index (χ0v) is 18.1. The molecule has 0 spiro atoms. The van der Waals surface area contributed by atoms with Crippen molar-refractivity contribution in [2.75, 3.05) is 11.9 Å². The van der Waals surface area contributed by atoms with E-state index in [0.29, 0.717) is 17.7 Å². The molecule has 2 N–H and O–H groups in total. The van der Waals surface area contributed by atoms with Crippen molar-refractivity contribution in [3.63, 3.8) is 0 Å². The topological polar surface area (TPSA) is 126 Å². The Morgan fingerprint density at radius 3 is 2.38 bits per heavy atom. The number of esters is 1. The summed E-state index contributed by atoms with van der Waals surface area (Å²) in [5.41, 5.74) is 0.877. The van der Waals surface area contributed by atoms with Gasteiger partial charge in [-0.15, -0.1) is 0 Å². The van der Waals surface area contributed by atoms with Crippen molar-refractivity contribution < 1.29 is 29.0 Å². The van der Waals surface area contributed by atoms with Crippen LogP contribution in [0.2, 0.25) is 0 Å². The van der Waals surface area contributed by atoms with Crippen molar-refractivity contribution in [3.8, 4) is 17.6 Å². The van der Waals surface area contributed by atoms with Crippen molar-refractivity contribution in [3.05, 3.63) is 95.1 Å². The monoisotopic (exact) mass is 456 g/mol. The highest BCUT2D eigenvalue weighted by Crippen LogP contribution is 2.30. The van der Waals surface area contributed by atoms with Crippen LogP contribution in [0.5, 0.6) is 11.5 Å². The van der Waals surface area contributed by atoms with Gasteiger partial charge in [0.2, 0.25) is 0 Å². The molecule has 8 heteroatoms. The van der Waals surface area contributed by atoms with Crippen LogP contribution in [0.1, 0.15) is 33.2 Å². The van der Waals surface area contributed by atoms with Crippen LogP contribution < -0.4 is 14.8 Å². The largest absolute Gasteiger partial charge is 0.490 e. The van der Waals surface area contributed by atoms with Crippen LogP contribution in [-0.2, 0) is 4.79 Å². The fraction of sp³-hybridized carbons (Fsp3) is 0.0769. The van der Waals surface area contributed by atoms with E-state index in [1.165, 1.54) is 36.4 Å². The zero-order valence-electron chi connectivity index (χ0n) is 18.1. The summed E-state index contributed by atoms with van der Waals surface area (Å²) in [7, 11) is 0. The lowest BCUT2D eigenvalue weighted by molar-refractivity contribution is -0.112. The molecule has 1 amide bonds. The van der Waals surface area contributed by atoms with Gasteiger partial charge in [0.1, 0.15) is 11.6 Å². The zero-order chi connectivity index (χ0) is 24.5. The molecule has 0 saturated heterocycles. The van der Waals surface area contributed by atoms with E-state index < -0.39 is 17.8 Å². The number of nitrogens with zero attached hydrogens (tertiary/aromatic N) is 1. The molecule has 0 aliphatic carbocycles. The van der Waals surface area contributed by atoms with Crippen LogP contribution >= 0.6 is 0 Å². The van der Waals surface area contributed by atoms with Gasteiger partial charge < -0.3 is 19.9 Å². The van der Waals surface area contributed by atoms with Gasteiger partial charge in [-0.25, -0.2) is 9.59 Å². The van der Waals surface area contributed by atoms with Gasteiger partial charge in [0, 0.05) is 5.69 Å². The van der Waals surface area contributed by atoms with Gasteiger partial charge in [-0.3, -0.25) is 4.79 Å². The summed E-state index contributed by atoms with van der Waals surface area (Å²) in [4.78, 5) is 36.1. The van der Waals surface area contributed by atoms with Crippen LogP contribution in [0.15, 0.2) is 78.4 Å². The highest BCUT2D eigenvalue weighted by molar-refractivity contribution is 6.10. The lowest BCUT2D eigenvalue weighted by Crippen LogP contribution is -2.14. The van der Waals surface area contributed by atoms with Crippen LogP contribution in [0.25, 0.3) is 6.08 Å². The second-order valence-electron chi connectivity index (χ2n) is 6.90. The normalized spacial score (nSPS) is 10.6. The van der Waals surface area contributed by atoms with E-state index in [1.54, 1.807) is 49.4 Å². The molecule has 0 saturated carbocycles. The number of hydrogen-bond acceptors (Lipinski definition) is 6. The van der Waals surface area contributed by atoms with Gasteiger partial charge in [-0.1, -0.05) is 30.3 Å². The number of hydrogen-bond donors (Lipinski definition) is 2. The number of nitriles is 1. The van der Waals surface area contributed by atoms with Gasteiger partial charge in [-0.2, -0.15) is 5.26 Å². The Morgan fingerprint density at radius 2 is 1.71 bits per heavy atom. The van der Waals surface area contributed by atoms with Gasteiger partial charge in [0.15, 0.2) is 11.5 Å². The van der Waals surface area contributed by atoms with Gasteiger partial charge in [-0.05, 0) is 61.0 Å². The maximum Gasteiger partial charge on any atom is 0.343 e. The maximum absolute atomic E-state index is 12.6. The molecular weight excluding hydrogens is 436 g/mol. The Labute approximate surface area is 195 Å². The van der Waals surface area contributed by atoms with Crippen LogP contribution in [-0.4, -0.2) is 29.6 Å². The minimum absolute atomic E-state index is 0.00211. The van der Waals surface area contributed by atoms with Gasteiger partial charge in [0.25, 0.3) is 5.91 Å². The van der Waals surface area contributed by atoms with Crippen molar-refractivity contribution in [2.24, 2.45) is 0 Å². The molecule has 8 nitrogen and oxygen atoms in total. The molecule has 0 bridgehead atoms. The number of carboxylic acids is 1. The first kappa shape index (κ1) is 23.8. The number of rotatable bonds is 8. The van der Waals surface area contributed by atoms with Crippen molar-refractivity contribution in [2.45, 2.75) is 6.92 Å². The summed E-state index contributed by atoms with van der Waals surface area (Å²) in [5.74, 6) is -1.93. The number of nitrogens with one attached hydrogen (secondary N) is 1. The number of ether oxygens (including phenoxy) is 2. The van der Waals surface area contributed by atoms with Crippen molar-refractivity contribution >= 4 is 29.6 Å². The minimum Gasteiger partial charge on any atom is -0.490 e. The number of carbonyl (C=O) groups is 3. The number of anilines is 1. The molecule has 0 unspecified atom stereocenters. The van der Waals surface area contributed by atoms with E-state index in [-0.39, 0.29) is 28.3 Å². The third-order valence-corrected chi connectivity index (χ3v) is 4.52. The Hall–Kier alpha value is -4.90. The molecule has 0 aromatic heterocycles. The first-order chi connectivity index (χ1) is 16.4. The van der Waals surface area contributed by atoms with Crippen molar-refractivity contribution in [1.29, 1.82) is 5.26 Å². The molecule has 0 fully saturated rings. The van der Waals surface area contributed by atoms with Crippen LogP contribution in [0.4, 0.5) is 5.69 Å². The summed E-state index contributed by atoms with van der Waals surface area (Å²) >= 11 is 0. The van der Waals surface area contributed by atoms with E-state index in [2.05, 4.69) is 5.32 Å². The fourth-order valence-electron chi connectivity index (χ4n) is 2.94. The van der Waals surface area contributed by atoms with E-state index >= 15 is 0 Å². The third-order valence-electron chi connectivity index (χ3n) is 4.52. The molecule has 0 aliphatic heterocycles. The minimum atomic E-state index is -1.14. The van der Waals surface area contributed by atoms with Gasteiger partial charge in [0.05, 0.1) is 17.7 Å². The molecule has 0 aliphatic rings. The van der Waals surface area contributed by atoms with Crippen LogP contribution in [0, 0.1) is 11.3 Å². The lowest BCUT2D eigenvalue weighted by Gasteiger charge is -2.12. The average molecular weight is 456 g/mol. The highest BCUT2D eigenvalue weighted by Gasteiger charge is 2.15. The molecule has 0 atom stereocenters. The quantitative estimate of drug-likeness (QED) is 0.220. The molecule has 0 radical (unpaired) electrons. The fourth-order valence-corrected chi connectivity index (χ4v) is 2.94. The number of aromatic carboxylic acids is 1. The summed E-state index contributed by atoms with van der Waals surface area (Å²) in [5, 5.41) is 21.1.